The highest BCUT2D eigenvalue weighted by molar-refractivity contribution is 4.43. The van der Waals surface area contributed by atoms with E-state index in [1.54, 1.807) is 0 Å². The van der Waals surface area contributed by atoms with Crippen molar-refractivity contribution in [2.45, 2.75) is 0 Å². The molecule has 0 fully saturated rings. The second-order valence-corrected chi connectivity index (χ2v) is 2.22. The van der Waals surface area contributed by atoms with Crippen molar-refractivity contribution in [3.8, 4) is 0 Å². The van der Waals surface area contributed by atoms with E-state index in [-0.39, 0.29) is 13.1 Å². The molecule has 0 aromatic rings. The predicted octanol–water partition coefficient (Wildman–Crippen LogP) is -2.13. The van der Waals surface area contributed by atoms with Gasteiger partial charge in [0, 0.05) is 0 Å². The fourth-order valence-electron chi connectivity index (χ4n) is 0.639. The zero-order valence-corrected chi connectivity index (χ0v) is 7.14. The van der Waals surface area contributed by atoms with Gasteiger partial charge in [0.1, 0.15) is 13.1 Å². The van der Waals surface area contributed by atoms with Gasteiger partial charge in [-0.25, -0.2) is 20.2 Å². The molecule has 10 heteroatoms. The fourth-order valence-corrected chi connectivity index (χ4v) is 0.639. The Bertz CT molecular complexity index is 188. The first-order valence-electron chi connectivity index (χ1n) is 3.53. The Kier molecular flexibility index (Phi) is 5.17. The molecule has 0 radical (unpaired) electrons. The highest BCUT2D eigenvalue weighted by atomic mass is 16.7. The summed E-state index contributed by atoms with van der Waals surface area (Å²) < 4.78 is 0. The van der Waals surface area contributed by atoms with Crippen molar-refractivity contribution in [1.82, 2.24) is 10.0 Å². The highest BCUT2D eigenvalue weighted by Gasteiger charge is 2.18. The SMILES string of the molecule is O=[N+]([O-])N(CO)CCN(CO)[N+](=O)[O-]. The second kappa shape index (κ2) is 5.88. The summed E-state index contributed by atoms with van der Waals surface area (Å²) in [4.78, 5) is 20.2. The smallest absolute Gasteiger partial charge is 0.173 e. The lowest BCUT2D eigenvalue weighted by Gasteiger charge is -2.14. The molecule has 0 bridgehead atoms. The molecule has 0 aliphatic rings. The molecule has 0 aromatic heterocycles. The molecule has 0 saturated carbocycles. The number of hydrogen-bond acceptors (Lipinski definition) is 6. The zero-order chi connectivity index (χ0) is 11.1. The largest absolute Gasteiger partial charge is 0.371 e. The lowest BCUT2D eigenvalue weighted by atomic mass is 10.6. The number of aliphatic hydroxyl groups excluding tert-OH is 2. The van der Waals surface area contributed by atoms with Gasteiger partial charge in [0.15, 0.2) is 23.5 Å². The maximum atomic E-state index is 10.1. The molecule has 0 rings (SSSR count). The number of hydrogen-bond donors (Lipinski definition) is 2. The third kappa shape index (κ3) is 3.82. The van der Waals surface area contributed by atoms with Gasteiger partial charge >= 0.3 is 0 Å². The minimum absolute atomic E-state index is 0.356. The molecule has 0 heterocycles. The van der Waals surface area contributed by atoms with Crippen molar-refractivity contribution in [2.24, 2.45) is 0 Å². The fraction of sp³-hybridized carbons (Fsp3) is 1.00. The lowest BCUT2D eigenvalue weighted by Crippen LogP contribution is -2.41. The minimum Gasteiger partial charge on any atom is -0.371 e. The number of nitro groups is 2. The number of rotatable bonds is 7. The van der Waals surface area contributed by atoms with E-state index in [1.807, 2.05) is 0 Å². The van der Waals surface area contributed by atoms with Gasteiger partial charge in [-0.2, -0.15) is 0 Å². The zero-order valence-electron chi connectivity index (χ0n) is 7.14. The third-order valence-corrected chi connectivity index (χ3v) is 1.40. The molecule has 0 atom stereocenters. The quantitative estimate of drug-likeness (QED) is 0.276. The first kappa shape index (κ1) is 12.3. The maximum absolute atomic E-state index is 10.1. The number of hydrazine groups is 2. The Hall–Kier alpha value is -1.68. The van der Waals surface area contributed by atoms with Crippen LogP contribution in [0.2, 0.25) is 0 Å². The average Bonchev–Trinajstić information content (AvgIpc) is 2.11. The Morgan fingerprint density at radius 3 is 1.36 bits per heavy atom. The Morgan fingerprint density at radius 1 is 0.929 bits per heavy atom. The summed E-state index contributed by atoms with van der Waals surface area (Å²) in [5.41, 5.74) is 0. The van der Waals surface area contributed by atoms with Crippen molar-refractivity contribution in [3.63, 3.8) is 0 Å². The summed E-state index contributed by atoms with van der Waals surface area (Å²) in [6.45, 7) is -2.40. The number of nitrogens with zero attached hydrogens (tertiary/aromatic N) is 4. The second-order valence-electron chi connectivity index (χ2n) is 2.22. The summed E-state index contributed by atoms with van der Waals surface area (Å²) in [5, 5.41) is 36.2. The van der Waals surface area contributed by atoms with Crippen LogP contribution in [-0.2, 0) is 0 Å². The monoisotopic (exact) mass is 210 g/mol. The van der Waals surface area contributed by atoms with Crippen molar-refractivity contribution in [2.75, 3.05) is 26.6 Å². The maximum Gasteiger partial charge on any atom is 0.173 e. The molecule has 0 aliphatic carbocycles. The standard InChI is InChI=1S/C4H10N4O6/c9-3-5(7(11)12)1-2-6(4-10)8(13)14/h9-10H,1-4H2. The average molecular weight is 210 g/mol. The van der Waals surface area contributed by atoms with E-state index in [0.717, 1.165) is 0 Å². The molecular weight excluding hydrogens is 200 g/mol. The van der Waals surface area contributed by atoms with Crippen LogP contribution in [0.1, 0.15) is 0 Å². The van der Waals surface area contributed by atoms with Gasteiger partial charge in [0.25, 0.3) is 0 Å². The van der Waals surface area contributed by atoms with Crippen LogP contribution in [0.3, 0.4) is 0 Å². The third-order valence-electron chi connectivity index (χ3n) is 1.40. The van der Waals surface area contributed by atoms with Crippen LogP contribution in [0.15, 0.2) is 0 Å². The molecule has 0 aliphatic heterocycles. The molecule has 14 heavy (non-hydrogen) atoms. The van der Waals surface area contributed by atoms with Gasteiger partial charge in [-0.1, -0.05) is 0 Å². The van der Waals surface area contributed by atoms with Gasteiger partial charge in [-0.3, -0.25) is 0 Å². The van der Waals surface area contributed by atoms with Gasteiger partial charge in [0.05, 0.1) is 0 Å². The van der Waals surface area contributed by atoms with E-state index < -0.39 is 23.5 Å². The van der Waals surface area contributed by atoms with Gasteiger partial charge in [-0.05, 0) is 0 Å². The molecule has 0 aromatic carbocycles. The summed E-state index contributed by atoms with van der Waals surface area (Å²) in [6, 6.07) is 0. The van der Waals surface area contributed by atoms with Crippen LogP contribution in [0.25, 0.3) is 0 Å². The van der Waals surface area contributed by atoms with E-state index in [0.29, 0.717) is 10.0 Å². The van der Waals surface area contributed by atoms with Crippen molar-refractivity contribution >= 4 is 0 Å². The van der Waals surface area contributed by atoms with E-state index in [4.69, 9.17) is 10.2 Å². The van der Waals surface area contributed by atoms with E-state index in [9.17, 15) is 20.2 Å². The molecule has 0 spiro atoms. The predicted molar refractivity (Wildman–Crippen MR) is 41.6 cm³/mol. The Balaban J connectivity index is 4.00. The van der Waals surface area contributed by atoms with Crippen LogP contribution >= 0.6 is 0 Å². The van der Waals surface area contributed by atoms with Gasteiger partial charge < -0.3 is 10.2 Å². The molecule has 0 unspecified atom stereocenters. The summed E-state index contributed by atoms with van der Waals surface area (Å²) in [7, 11) is 0. The molecule has 10 nitrogen and oxygen atoms in total. The van der Waals surface area contributed by atoms with Gasteiger partial charge in [0.2, 0.25) is 0 Å². The van der Waals surface area contributed by atoms with Crippen LogP contribution in [0.4, 0.5) is 0 Å². The summed E-state index contributed by atoms with van der Waals surface area (Å²) in [5.74, 6) is 0. The van der Waals surface area contributed by atoms with E-state index in [2.05, 4.69) is 0 Å². The first-order chi connectivity index (χ1) is 6.52. The normalized spacial score (nSPS) is 9.57. The van der Waals surface area contributed by atoms with Crippen LogP contribution < -0.4 is 0 Å². The topological polar surface area (TPSA) is 133 Å². The first-order valence-corrected chi connectivity index (χ1v) is 3.53. The summed E-state index contributed by atoms with van der Waals surface area (Å²) >= 11 is 0. The van der Waals surface area contributed by atoms with Crippen LogP contribution in [-0.4, -0.2) is 56.8 Å². The highest BCUT2D eigenvalue weighted by Crippen LogP contribution is 1.91. The van der Waals surface area contributed by atoms with E-state index in [1.165, 1.54) is 0 Å². The molecule has 0 saturated heterocycles. The van der Waals surface area contributed by atoms with Crippen molar-refractivity contribution in [1.29, 1.82) is 0 Å². The summed E-state index contributed by atoms with van der Waals surface area (Å²) in [6.07, 6.45) is 0. The molecular formula is C4H10N4O6. The number of aliphatic hydroxyl groups is 2. The van der Waals surface area contributed by atoms with Crippen LogP contribution in [0.5, 0.6) is 0 Å². The van der Waals surface area contributed by atoms with Crippen molar-refractivity contribution in [3.05, 3.63) is 20.2 Å². The lowest BCUT2D eigenvalue weighted by molar-refractivity contribution is -0.681. The molecule has 0 amide bonds. The Morgan fingerprint density at radius 2 is 1.21 bits per heavy atom. The van der Waals surface area contributed by atoms with E-state index >= 15 is 0 Å². The Labute approximate surface area is 78.2 Å². The minimum atomic E-state index is -0.879. The van der Waals surface area contributed by atoms with Gasteiger partial charge in [-0.15, -0.1) is 10.0 Å². The molecule has 82 valence electrons. The molecule has 2 N–H and O–H groups in total. The van der Waals surface area contributed by atoms with Crippen molar-refractivity contribution < 1.29 is 20.3 Å². The van der Waals surface area contributed by atoms with Crippen LogP contribution in [0, 0.1) is 20.2 Å².